The van der Waals surface area contributed by atoms with Crippen molar-refractivity contribution in [2.24, 2.45) is 0 Å². The van der Waals surface area contributed by atoms with Crippen LogP contribution in [0.5, 0.6) is 0 Å². The largest absolute Gasteiger partial charge is 0.391 e. The number of nitrogens with one attached hydrogen (secondary N) is 1. The Bertz CT molecular complexity index is 223. The molecule has 2 unspecified atom stereocenters. The molecule has 4 heteroatoms. The quantitative estimate of drug-likeness (QED) is 0.568. The molecule has 100 valence electrons. The topological polar surface area (TPSA) is 49.3 Å². The van der Waals surface area contributed by atoms with Crippen LogP contribution >= 0.6 is 11.8 Å². The summed E-state index contributed by atoms with van der Waals surface area (Å²) in [5.41, 5.74) is 0. The molecule has 0 aromatic heterocycles. The zero-order valence-electron chi connectivity index (χ0n) is 10.8. The van der Waals surface area contributed by atoms with Crippen molar-refractivity contribution in [3.63, 3.8) is 0 Å². The minimum Gasteiger partial charge on any atom is -0.391 e. The van der Waals surface area contributed by atoms with Crippen molar-refractivity contribution in [2.75, 3.05) is 11.5 Å². The standard InChI is InChI=1S/C13H25NO2S/c1-2-3-9-17-10-13(16)14-11-7-5-4-6-8-12(11)15/h11-12,15H,2-10H2,1H3,(H,14,16). The minimum absolute atomic E-state index is 0.0169. The van der Waals surface area contributed by atoms with Gasteiger partial charge in [0.15, 0.2) is 0 Å². The van der Waals surface area contributed by atoms with E-state index in [1.54, 1.807) is 11.8 Å². The molecular weight excluding hydrogens is 234 g/mol. The molecular formula is C13H25NO2S. The van der Waals surface area contributed by atoms with Gasteiger partial charge in [-0.2, -0.15) is 11.8 Å². The molecule has 0 radical (unpaired) electrons. The molecule has 0 saturated heterocycles. The summed E-state index contributed by atoms with van der Waals surface area (Å²) < 4.78 is 0. The fraction of sp³-hybridized carbons (Fsp3) is 0.923. The lowest BCUT2D eigenvalue weighted by atomic mass is 10.1. The summed E-state index contributed by atoms with van der Waals surface area (Å²) in [7, 11) is 0. The molecule has 0 heterocycles. The van der Waals surface area contributed by atoms with Crippen LogP contribution in [0.25, 0.3) is 0 Å². The summed E-state index contributed by atoms with van der Waals surface area (Å²) >= 11 is 1.69. The molecule has 1 fully saturated rings. The van der Waals surface area contributed by atoms with Gasteiger partial charge in [0, 0.05) is 0 Å². The van der Waals surface area contributed by atoms with Gasteiger partial charge in [0.25, 0.3) is 0 Å². The van der Waals surface area contributed by atoms with Crippen molar-refractivity contribution in [3.8, 4) is 0 Å². The van der Waals surface area contributed by atoms with Gasteiger partial charge in [0.1, 0.15) is 0 Å². The predicted molar refractivity (Wildman–Crippen MR) is 73.3 cm³/mol. The van der Waals surface area contributed by atoms with Gasteiger partial charge in [-0.25, -0.2) is 0 Å². The molecule has 1 aliphatic rings. The van der Waals surface area contributed by atoms with Gasteiger partial charge in [0.05, 0.1) is 17.9 Å². The number of aliphatic hydroxyl groups is 1. The molecule has 1 saturated carbocycles. The van der Waals surface area contributed by atoms with E-state index in [1.807, 2.05) is 0 Å². The summed E-state index contributed by atoms with van der Waals surface area (Å²) in [5.74, 6) is 1.66. The Hall–Kier alpha value is -0.220. The number of hydrogen-bond donors (Lipinski definition) is 2. The maximum Gasteiger partial charge on any atom is 0.230 e. The molecule has 0 aromatic carbocycles. The van der Waals surface area contributed by atoms with E-state index in [0.717, 1.165) is 31.4 Å². The van der Waals surface area contributed by atoms with Crippen LogP contribution in [-0.4, -0.2) is 34.7 Å². The molecule has 0 bridgehead atoms. The van der Waals surface area contributed by atoms with E-state index in [0.29, 0.717) is 5.75 Å². The second-order valence-corrected chi connectivity index (χ2v) is 5.89. The SMILES string of the molecule is CCCCSCC(=O)NC1CCCCCC1O. The summed E-state index contributed by atoms with van der Waals surface area (Å²) in [6.07, 6.45) is 7.13. The highest BCUT2D eigenvalue weighted by Crippen LogP contribution is 2.18. The molecule has 17 heavy (non-hydrogen) atoms. The van der Waals surface area contributed by atoms with Gasteiger partial charge in [-0.3, -0.25) is 4.79 Å². The van der Waals surface area contributed by atoms with E-state index in [2.05, 4.69) is 12.2 Å². The maximum atomic E-state index is 11.7. The van der Waals surface area contributed by atoms with E-state index in [1.165, 1.54) is 19.3 Å². The molecule has 2 atom stereocenters. The smallest absolute Gasteiger partial charge is 0.230 e. The third-order valence-corrected chi connectivity index (χ3v) is 4.24. The highest BCUT2D eigenvalue weighted by molar-refractivity contribution is 7.99. The van der Waals surface area contributed by atoms with E-state index in [4.69, 9.17) is 0 Å². The highest BCUT2D eigenvalue weighted by atomic mass is 32.2. The minimum atomic E-state index is -0.345. The van der Waals surface area contributed by atoms with E-state index >= 15 is 0 Å². The van der Waals surface area contributed by atoms with Crippen LogP contribution in [0.2, 0.25) is 0 Å². The first kappa shape index (κ1) is 14.8. The van der Waals surface area contributed by atoms with Gasteiger partial charge < -0.3 is 10.4 Å². The molecule has 1 aliphatic carbocycles. The zero-order chi connectivity index (χ0) is 12.5. The molecule has 1 rings (SSSR count). The predicted octanol–water partition coefficient (Wildman–Crippen LogP) is 2.33. The van der Waals surface area contributed by atoms with Crippen molar-refractivity contribution in [2.45, 2.75) is 64.0 Å². The van der Waals surface area contributed by atoms with E-state index in [-0.39, 0.29) is 18.1 Å². The number of carbonyl (C=O) groups excluding carboxylic acids is 1. The van der Waals surface area contributed by atoms with Crippen molar-refractivity contribution in [1.82, 2.24) is 5.32 Å². The van der Waals surface area contributed by atoms with Crippen molar-refractivity contribution in [1.29, 1.82) is 0 Å². The molecule has 3 nitrogen and oxygen atoms in total. The Balaban J connectivity index is 2.19. The lowest BCUT2D eigenvalue weighted by molar-refractivity contribution is -0.120. The number of hydrogen-bond acceptors (Lipinski definition) is 3. The van der Waals surface area contributed by atoms with Crippen molar-refractivity contribution >= 4 is 17.7 Å². The first-order chi connectivity index (χ1) is 8.24. The average molecular weight is 259 g/mol. The van der Waals surface area contributed by atoms with Gasteiger partial charge in [0.2, 0.25) is 5.91 Å². The second-order valence-electron chi connectivity index (χ2n) is 4.79. The zero-order valence-corrected chi connectivity index (χ0v) is 11.6. The first-order valence-electron chi connectivity index (χ1n) is 6.79. The van der Waals surface area contributed by atoms with Crippen LogP contribution in [0.4, 0.5) is 0 Å². The lowest BCUT2D eigenvalue weighted by Crippen LogP contribution is -2.43. The van der Waals surface area contributed by atoms with E-state index in [9.17, 15) is 9.90 Å². The van der Waals surface area contributed by atoms with Crippen LogP contribution in [0, 0.1) is 0 Å². The molecule has 1 amide bonds. The van der Waals surface area contributed by atoms with Gasteiger partial charge in [-0.15, -0.1) is 0 Å². The number of aliphatic hydroxyl groups excluding tert-OH is 1. The molecule has 2 N–H and O–H groups in total. The number of unbranched alkanes of at least 4 members (excludes halogenated alkanes) is 1. The summed E-state index contributed by atoms with van der Waals surface area (Å²) in [6.45, 7) is 2.16. The number of thioether (sulfide) groups is 1. The number of carbonyl (C=O) groups is 1. The highest BCUT2D eigenvalue weighted by Gasteiger charge is 2.22. The average Bonchev–Trinajstić information content (AvgIpc) is 2.51. The monoisotopic (exact) mass is 259 g/mol. The van der Waals surface area contributed by atoms with Crippen LogP contribution in [0.1, 0.15) is 51.9 Å². The fourth-order valence-corrected chi connectivity index (χ4v) is 3.02. The third kappa shape index (κ3) is 6.32. The lowest BCUT2D eigenvalue weighted by Gasteiger charge is -2.21. The summed E-state index contributed by atoms with van der Waals surface area (Å²) in [5, 5.41) is 12.9. The first-order valence-corrected chi connectivity index (χ1v) is 7.94. The Kier molecular flexibility index (Phi) is 7.69. The van der Waals surface area contributed by atoms with Crippen LogP contribution in [0.15, 0.2) is 0 Å². The number of rotatable bonds is 6. The van der Waals surface area contributed by atoms with Crippen LogP contribution in [0.3, 0.4) is 0 Å². The molecule has 0 aliphatic heterocycles. The third-order valence-electron chi connectivity index (χ3n) is 3.20. The van der Waals surface area contributed by atoms with Crippen LogP contribution < -0.4 is 5.32 Å². The second kappa shape index (κ2) is 8.81. The Labute approximate surface area is 109 Å². The summed E-state index contributed by atoms with van der Waals surface area (Å²) in [6, 6.07) is -0.0169. The Morgan fingerprint density at radius 1 is 1.35 bits per heavy atom. The van der Waals surface area contributed by atoms with Gasteiger partial charge in [-0.05, 0) is 25.0 Å². The Morgan fingerprint density at radius 3 is 2.88 bits per heavy atom. The molecule has 0 aromatic rings. The Morgan fingerprint density at radius 2 is 2.12 bits per heavy atom. The number of amides is 1. The fourth-order valence-electron chi connectivity index (χ4n) is 2.12. The van der Waals surface area contributed by atoms with Gasteiger partial charge in [-0.1, -0.05) is 32.6 Å². The molecule has 0 spiro atoms. The van der Waals surface area contributed by atoms with Gasteiger partial charge >= 0.3 is 0 Å². The maximum absolute atomic E-state index is 11.7. The van der Waals surface area contributed by atoms with Crippen LogP contribution in [-0.2, 0) is 4.79 Å². The van der Waals surface area contributed by atoms with Crippen molar-refractivity contribution < 1.29 is 9.90 Å². The van der Waals surface area contributed by atoms with Crippen molar-refractivity contribution in [3.05, 3.63) is 0 Å². The normalized spacial score (nSPS) is 25.3. The van der Waals surface area contributed by atoms with E-state index < -0.39 is 0 Å². The summed E-state index contributed by atoms with van der Waals surface area (Å²) in [4.78, 5) is 11.7.